The lowest BCUT2D eigenvalue weighted by atomic mass is 10.4. The third-order valence-electron chi connectivity index (χ3n) is 1.80. The van der Waals surface area contributed by atoms with Gasteiger partial charge in [-0.25, -0.2) is 0 Å². The van der Waals surface area contributed by atoms with Gasteiger partial charge in [0.15, 0.2) is 0 Å². The zero-order valence-corrected chi connectivity index (χ0v) is 8.29. The van der Waals surface area contributed by atoms with Crippen molar-refractivity contribution in [2.75, 3.05) is 4.90 Å². The first-order valence-corrected chi connectivity index (χ1v) is 5.09. The molecule has 0 radical (unpaired) electrons. The molecule has 1 aromatic heterocycles. The second kappa shape index (κ2) is 3.62. The maximum Gasteiger partial charge on any atom is 0.0992 e. The monoisotopic (exact) mass is 189 g/mol. The summed E-state index contributed by atoms with van der Waals surface area (Å²) in [6, 6.07) is 2.19. The quantitative estimate of drug-likeness (QED) is 0.654. The number of thiophene rings is 1. The lowest BCUT2D eigenvalue weighted by molar-refractivity contribution is 1.32. The van der Waals surface area contributed by atoms with Gasteiger partial charge in [-0.1, -0.05) is 12.2 Å². The van der Waals surface area contributed by atoms with Gasteiger partial charge in [0.2, 0.25) is 0 Å². The minimum Gasteiger partial charge on any atom is -0.316 e. The molecule has 0 unspecified atom stereocenters. The van der Waals surface area contributed by atoms with Crippen LogP contribution in [0, 0.1) is 6.92 Å². The number of nitrogens with zero attached hydrogens (tertiary/aromatic N) is 1. The topological polar surface area (TPSA) is 3.24 Å². The smallest absolute Gasteiger partial charge is 0.0992 e. The Morgan fingerprint density at radius 2 is 1.77 bits per heavy atom. The normalized spacial score (nSPS) is 15.0. The van der Waals surface area contributed by atoms with Crippen molar-refractivity contribution < 1.29 is 0 Å². The van der Waals surface area contributed by atoms with Gasteiger partial charge in [-0.3, -0.25) is 0 Å². The van der Waals surface area contributed by atoms with Gasteiger partial charge in [0, 0.05) is 12.4 Å². The lowest BCUT2D eigenvalue weighted by Crippen LogP contribution is -2.03. The van der Waals surface area contributed by atoms with Gasteiger partial charge in [0.05, 0.1) is 5.00 Å². The molecular formula is C11H11NS. The van der Waals surface area contributed by atoms with E-state index >= 15 is 0 Å². The lowest BCUT2D eigenvalue weighted by Gasteiger charge is -2.10. The van der Waals surface area contributed by atoms with Gasteiger partial charge in [0.25, 0.3) is 0 Å². The molecule has 0 amide bonds. The molecule has 1 nitrogen and oxygen atoms in total. The fraction of sp³-hybridized carbons (Fsp3) is 0.0909. The molecule has 66 valence electrons. The summed E-state index contributed by atoms with van der Waals surface area (Å²) in [4.78, 5) is 2.12. The van der Waals surface area contributed by atoms with Crippen LogP contribution in [0.5, 0.6) is 0 Å². The first-order valence-electron chi connectivity index (χ1n) is 4.21. The highest BCUT2D eigenvalue weighted by atomic mass is 32.1. The molecule has 1 aliphatic rings. The average Bonchev–Trinajstić information content (AvgIpc) is 2.43. The first kappa shape index (κ1) is 8.32. The Labute approximate surface area is 82.3 Å². The number of allylic oxidation sites excluding steroid dienone is 4. The molecule has 0 aromatic carbocycles. The predicted octanol–water partition coefficient (Wildman–Crippen LogP) is 3.46. The largest absolute Gasteiger partial charge is 0.316 e. The number of hydrogen-bond acceptors (Lipinski definition) is 2. The van der Waals surface area contributed by atoms with Crippen LogP contribution in [0.4, 0.5) is 5.00 Å². The Bertz CT molecular complexity index is 355. The molecule has 0 spiro atoms. The molecule has 0 atom stereocenters. The van der Waals surface area contributed by atoms with Gasteiger partial charge in [-0.15, -0.1) is 11.3 Å². The Hall–Kier alpha value is -1.28. The minimum absolute atomic E-state index is 1.26. The zero-order chi connectivity index (χ0) is 9.10. The molecule has 2 heteroatoms. The molecule has 2 heterocycles. The van der Waals surface area contributed by atoms with Crippen molar-refractivity contribution in [1.29, 1.82) is 0 Å². The van der Waals surface area contributed by atoms with E-state index in [2.05, 4.69) is 35.7 Å². The third-order valence-corrected chi connectivity index (χ3v) is 2.86. The van der Waals surface area contributed by atoms with E-state index in [0.29, 0.717) is 0 Å². The van der Waals surface area contributed by atoms with E-state index in [4.69, 9.17) is 0 Å². The summed E-state index contributed by atoms with van der Waals surface area (Å²) >= 11 is 1.76. The number of aryl methyl sites for hydroxylation is 1. The van der Waals surface area contributed by atoms with Crippen LogP contribution in [0.1, 0.15) is 5.56 Å². The van der Waals surface area contributed by atoms with Crippen LogP contribution in [0.15, 0.2) is 48.2 Å². The third kappa shape index (κ3) is 1.90. The van der Waals surface area contributed by atoms with Gasteiger partial charge in [-0.05, 0) is 36.1 Å². The average molecular weight is 189 g/mol. The summed E-state index contributed by atoms with van der Waals surface area (Å²) in [6.07, 6.45) is 12.2. The Morgan fingerprint density at radius 3 is 2.31 bits per heavy atom. The van der Waals surface area contributed by atoms with E-state index < -0.39 is 0 Å². The molecule has 0 aliphatic carbocycles. The second-order valence-electron chi connectivity index (χ2n) is 2.94. The van der Waals surface area contributed by atoms with Crippen molar-refractivity contribution >= 4 is 16.3 Å². The highest BCUT2D eigenvalue weighted by Crippen LogP contribution is 2.25. The van der Waals surface area contributed by atoms with Gasteiger partial charge in [0.1, 0.15) is 0 Å². The molecule has 0 bridgehead atoms. The zero-order valence-electron chi connectivity index (χ0n) is 7.47. The van der Waals surface area contributed by atoms with Crippen LogP contribution in [0.3, 0.4) is 0 Å². The maximum atomic E-state index is 2.19. The second-order valence-corrected chi connectivity index (χ2v) is 3.83. The molecule has 2 rings (SSSR count). The Morgan fingerprint density at radius 1 is 1.08 bits per heavy atom. The molecule has 0 N–H and O–H groups in total. The van der Waals surface area contributed by atoms with Crippen LogP contribution in [0.25, 0.3) is 0 Å². The maximum absolute atomic E-state index is 2.19. The minimum atomic E-state index is 1.26. The highest BCUT2D eigenvalue weighted by Gasteiger charge is 2.01. The summed E-state index contributed by atoms with van der Waals surface area (Å²) in [5, 5.41) is 3.42. The van der Waals surface area contributed by atoms with E-state index in [-0.39, 0.29) is 0 Å². The fourth-order valence-electron chi connectivity index (χ4n) is 1.16. The summed E-state index contributed by atoms with van der Waals surface area (Å²) in [7, 11) is 0. The van der Waals surface area contributed by atoms with Crippen molar-refractivity contribution in [2.45, 2.75) is 6.92 Å². The fourth-order valence-corrected chi connectivity index (χ4v) is 2.03. The number of hydrogen-bond donors (Lipinski definition) is 0. The summed E-state index contributed by atoms with van der Waals surface area (Å²) in [5.74, 6) is 0. The van der Waals surface area contributed by atoms with E-state index in [1.807, 2.05) is 24.3 Å². The van der Waals surface area contributed by atoms with Crippen molar-refractivity contribution in [3.05, 3.63) is 53.7 Å². The van der Waals surface area contributed by atoms with E-state index in [1.54, 1.807) is 11.3 Å². The molecule has 13 heavy (non-hydrogen) atoms. The van der Waals surface area contributed by atoms with Gasteiger partial charge < -0.3 is 4.90 Å². The molecule has 0 fully saturated rings. The Kier molecular flexibility index (Phi) is 2.32. The van der Waals surface area contributed by atoms with E-state index in [9.17, 15) is 0 Å². The highest BCUT2D eigenvalue weighted by molar-refractivity contribution is 7.14. The molecule has 0 saturated carbocycles. The van der Waals surface area contributed by atoms with Crippen molar-refractivity contribution in [3.8, 4) is 0 Å². The SMILES string of the molecule is Cc1csc(N2C=CC=CC=C2)c1. The molecule has 0 saturated heterocycles. The number of rotatable bonds is 1. The van der Waals surface area contributed by atoms with Crippen LogP contribution in [-0.4, -0.2) is 0 Å². The predicted molar refractivity (Wildman–Crippen MR) is 59.0 cm³/mol. The van der Waals surface area contributed by atoms with Crippen LogP contribution in [0.2, 0.25) is 0 Å². The first-order chi connectivity index (χ1) is 6.36. The summed E-state index contributed by atoms with van der Waals surface area (Å²) < 4.78 is 0. The van der Waals surface area contributed by atoms with Crippen LogP contribution >= 0.6 is 11.3 Å². The van der Waals surface area contributed by atoms with Gasteiger partial charge in [-0.2, -0.15) is 0 Å². The van der Waals surface area contributed by atoms with E-state index in [0.717, 1.165) is 0 Å². The standard InChI is InChI=1S/C11H11NS/c1-10-8-11(13-9-10)12-6-4-2-3-5-7-12/h2-9H,1H3. The Balaban J connectivity index is 2.26. The molecular weight excluding hydrogens is 178 g/mol. The number of anilines is 1. The van der Waals surface area contributed by atoms with E-state index in [1.165, 1.54) is 10.6 Å². The van der Waals surface area contributed by atoms with Gasteiger partial charge >= 0.3 is 0 Å². The van der Waals surface area contributed by atoms with Crippen molar-refractivity contribution in [2.24, 2.45) is 0 Å². The van der Waals surface area contributed by atoms with Crippen molar-refractivity contribution in [3.63, 3.8) is 0 Å². The summed E-state index contributed by atoms with van der Waals surface area (Å²) in [6.45, 7) is 2.11. The van der Waals surface area contributed by atoms with Crippen LogP contribution < -0.4 is 4.90 Å². The van der Waals surface area contributed by atoms with Crippen molar-refractivity contribution in [1.82, 2.24) is 0 Å². The molecule has 1 aliphatic heterocycles. The van der Waals surface area contributed by atoms with Crippen LogP contribution in [-0.2, 0) is 0 Å². The summed E-state index contributed by atoms with van der Waals surface area (Å²) in [5.41, 5.74) is 1.32. The molecule has 1 aromatic rings.